The van der Waals surface area contributed by atoms with E-state index >= 15 is 0 Å². The molecule has 1 heteroatoms. The molecule has 0 bridgehead atoms. The molecule has 0 amide bonds. The molecular weight excluding hydrogens is 122 g/mol. The lowest BCUT2D eigenvalue weighted by atomic mass is 10.1. The zero-order valence-corrected chi connectivity index (χ0v) is 6.93. The smallest absolute Gasteiger partial charge is 0.00742 e. The number of nitrogens with two attached hydrogens (primary N) is 1. The fraction of sp³-hybridized carbons (Fsp3) is 0.778. The highest BCUT2D eigenvalue weighted by Gasteiger charge is 2.23. The third-order valence-corrected chi connectivity index (χ3v) is 2.17. The molecule has 1 rings (SSSR count). The van der Waals surface area contributed by atoms with Crippen molar-refractivity contribution < 1.29 is 0 Å². The molecule has 0 aromatic carbocycles. The summed E-state index contributed by atoms with van der Waals surface area (Å²) in [5.74, 6) is 1.41. The molecule has 1 unspecified atom stereocenters. The molecule has 0 spiro atoms. The van der Waals surface area contributed by atoms with Crippen LogP contribution in [0.5, 0.6) is 0 Å². The van der Waals surface area contributed by atoms with E-state index in [1.54, 1.807) is 0 Å². The molecule has 0 saturated heterocycles. The average molecular weight is 139 g/mol. The van der Waals surface area contributed by atoms with Crippen LogP contribution in [0.1, 0.15) is 33.1 Å². The van der Waals surface area contributed by atoms with Gasteiger partial charge in [-0.25, -0.2) is 0 Å². The molecule has 10 heavy (non-hydrogen) atoms. The largest absolute Gasteiger partial charge is 0.402 e. The lowest BCUT2D eigenvalue weighted by Crippen LogP contribution is -2.01. The van der Waals surface area contributed by atoms with E-state index in [1.807, 2.05) is 0 Å². The van der Waals surface area contributed by atoms with Crippen LogP contribution < -0.4 is 5.73 Å². The molecule has 0 aromatic rings. The van der Waals surface area contributed by atoms with E-state index in [9.17, 15) is 0 Å². The first-order chi connectivity index (χ1) is 4.74. The Hall–Kier alpha value is -0.460. The second-order valence-corrected chi connectivity index (χ2v) is 3.33. The Bertz CT molecular complexity index is 134. The summed E-state index contributed by atoms with van der Waals surface area (Å²) in [6.07, 6.45) is 6.06. The van der Waals surface area contributed by atoms with Crippen molar-refractivity contribution in [1.82, 2.24) is 0 Å². The lowest BCUT2D eigenvalue weighted by Gasteiger charge is -2.03. The average Bonchev–Trinajstić information content (AvgIpc) is 2.68. The van der Waals surface area contributed by atoms with Crippen molar-refractivity contribution in [3.8, 4) is 0 Å². The van der Waals surface area contributed by atoms with Crippen molar-refractivity contribution in [2.24, 2.45) is 17.6 Å². The van der Waals surface area contributed by atoms with Crippen LogP contribution in [0.2, 0.25) is 0 Å². The summed E-state index contributed by atoms with van der Waals surface area (Å²) in [7, 11) is 0. The van der Waals surface area contributed by atoms with Crippen molar-refractivity contribution in [2.45, 2.75) is 33.1 Å². The molecule has 58 valence electrons. The van der Waals surface area contributed by atoms with Gasteiger partial charge in [-0.3, -0.25) is 0 Å². The fourth-order valence-corrected chi connectivity index (χ4v) is 0.999. The minimum Gasteiger partial charge on any atom is -0.402 e. The SMILES string of the molecule is CCC(C)/C=C(\N)C1CC1. The molecule has 2 N–H and O–H groups in total. The predicted molar refractivity (Wildman–Crippen MR) is 44.4 cm³/mol. The van der Waals surface area contributed by atoms with Crippen LogP contribution in [0.25, 0.3) is 0 Å². The van der Waals surface area contributed by atoms with E-state index < -0.39 is 0 Å². The monoisotopic (exact) mass is 139 g/mol. The molecule has 1 aliphatic carbocycles. The Morgan fingerprint density at radius 3 is 2.70 bits per heavy atom. The van der Waals surface area contributed by atoms with E-state index in [0.717, 1.165) is 11.6 Å². The molecule has 1 atom stereocenters. The van der Waals surface area contributed by atoms with Gasteiger partial charge in [-0.15, -0.1) is 0 Å². The van der Waals surface area contributed by atoms with Crippen molar-refractivity contribution in [1.29, 1.82) is 0 Å². The van der Waals surface area contributed by atoms with Gasteiger partial charge in [0.1, 0.15) is 0 Å². The summed E-state index contributed by atoms with van der Waals surface area (Å²) in [6, 6.07) is 0. The molecule has 0 aromatic heterocycles. The van der Waals surface area contributed by atoms with E-state index in [4.69, 9.17) is 5.73 Å². The van der Waals surface area contributed by atoms with Gasteiger partial charge >= 0.3 is 0 Å². The standard InChI is InChI=1S/C9H17N/c1-3-7(2)6-9(10)8-4-5-8/h6-8H,3-5,10H2,1-2H3/b9-6-. The topological polar surface area (TPSA) is 26.0 Å². The Labute approximate surface area is 63.3 Å². The first-order valence-corrected chi connectivity index (χ1v) is 4.21. The predicted octanol–water partition coefficient (Wildman–Crippen LogP) is 2.29. The summed E-state index contributed by atoms with van der Waals surface area (Å²) >= 11 is 0. The lowest BCUT2D eigenvalue weighted by molar-refractivity contribution is 0.684. The van der Waals surface area contributed by atoms with Gasteiger partial charge in [0.25, 0.3) is 0 Å². The van der Waals surface area contributed by atoms with E-state index in [2.05, 4.69) is 19.9 Å². The Morgan fingerprint density at radius 2 is 2.30 bits per heavy atom. The first-order valence-electron chi connectivity index (χ1n) is 4.21. The second-order valence-electron chi connectivity index (χ2n) is 3.33. The second kappa shape index (κ2) is 3.09. The van der Waals surface area contributed by atoms with E-state index in [1.165, 1.54) is 19.3 Å². The minimum absolute atomic E-state index is 0.667. The highest BCUT2D eigenvalue weighted by Crippen LogP contribution is 2.34. The Morgan fingerprint density at radius 1 is 1.70 bits per heavy atom. The number of allylic oxidation sites excluding steroid dienone is 2. The number of hydrogen-bond acceptors (Lipinski definition) is 1. The van der Waals surface area contributed by atoms with Crippen LogP contribution in [-0.2, 0) is 0 Å². The summed E-state index contributed by atoms with van der Waals surface area (Å²) in [5.41, 5.74) is 6.95. The molecule has 1 nitrogen and oxygen atoms in total. The molecule has 1 aliphatic rings. The Kier molecular flexibility index (Phi) is 2.36. The van der Waals surface area contributed by atoms with Crippen molar-refractivity contribution in [3.63, 3.8) is 0 Å². The maximum absolute atomic E-state index is 5.82. The highest BCUT2D eigenvalue weighted by atomic mass is 14.6. The maximum Gasteiger partial charge on any atom is 0.00742 e. The summed E-state index contributed by atoms with van der Waals surface area (Å²) < 4.78 is 0. The van der Waals surface area contributed by atoms with Crippen LogP contribution >= 0.6 is 0 Å². The summed E-state index contributed by atoms with van der Waals surface area (Å²) in [4.78, 5) is 0. The van der Waals surface area contributed by atoms with E-state index in [-0.39, 0.29) is 0 Å². The van der Waals surface area contributed by atoms with Gasteiger partial charge in [0.05, 0.1) is 0 Å². The molecule has 1 saturated carbocycles. The number of hydrogen-bond donors (Lipinski definition) is 1. The molecular formula is C9H17N. The molecule has 0 radical (unpaired) electrons. The van der Waals surface area contributed by atoms with Crippen LogP contribution in [-0.4, -0.2) is 0 Å². The highest BCUT2D eigenvalue weighted by molar-refractivity contribution is 5.09. The Balaban J connectivity index is 2.35. The van der Waals surface area contributed by atoms with Crippen molar-refractivity contribution >= 4 is 0 Å². The van der Waals surface area contributed by atoms with Gasteiger partial charge in [0.15, 0.2) is 0 Å². The van der Waals surface area contributed by atoms with Gasteiger partial charge in [0.2, 0.25) is 0 Å². The molecule has 0 heterocycles. The van der Waals surface area contributed by atoms with Gasteiger partial charge in [-0.1, -0.05) is 26.3 Å². The zero-order chi connectivity index (χ0) is 7.56. The normalized spacial score (nSPS) is 22.8. The third kappa shape index (κ3) is 2.05. The molecule has 1 fully saturated rings. The first kappa shape index (κ1) is 7.64. The zero-order valence-electron chi connectivity index (χ0n) is 6.93. The van der Waals surface area contributed by atoms with E-state index in [0.29, 0.717) is 5.92 Å². The van der Waals surface area contributed by atoms with Gasteiger partial charge in [0, 0.05) is 5.70 Å². The van der Waals surface area contributed by atoms with Crippen LogP contribution in [0.3, 0.4) is 0 Å². The molecule has 0 aliphatic heterocycles. The third-order valence-electron chi connectivity index (χ3n) is 2.17. The number of rotatable bonds is 3. The van der Waals surface area contributed by atoms with Crippen LogP contribution in [0, 0.1) is 11.8 Å². The van der Waals surface area contributed by atoms with Gasteiger partial charge < -0.3 is 5.73 Å². The van der Waals surface area contributed by atoms with Crippen LogP contribution in [0.4, 0.5) is 0 Å². The minimum atomic E-state index is 0.667. The van der Waals surface area contributed by atoms with Gasteiger partial charge in [-0.05, 0) is 24.7 Å². The quantitative estimate of drug-likeness (QED) is 0.637. The summed E-state index contributed by atoms with van der Waals surface area (Å²) in [5, 5.41) is 0. The summed E-state index contributed by atoms with van der Waals surface area (Å²) in [6.45, 7) is 4.41. The van der Waals surface area contributed by atoms with Crippen LogP contribution in [0.15, 0.2) is 11.8 Å². The maximum atomic E-state index is 5.82. The van der Waals surface area contributed by atoms with Gasteiger partial charge in [-0.2, -0.15) is 0 Å². The fourth-order valence-electron chi connectivity index (χ4n) is 0.999. The van der Waals surface area contributed by atoms with Crippen molar-refractivity contribution in [3.05, 3.63) is 11.8 Å². The van der Waals surface area contributed by atoms with Crippen molar-refractivity contribution in [2.75, 3.05) is 0 Å².